The molecule has 0 radical (unpaired) electrons. The first-order valence-corrected chi connectivity index (χ1v) is 12.2. The van der Waals surface area contributed by atoms with Crippen LogP contribution in [-0.4, -0.2) is 91.2 Å². The number of carbonyl (C=O) groups is 5. The second kappa shape index (κ2) is 12.2. The van der Waals surface area contributed by atoms with Gasteiger partial charge in [-0.3, -0.25) is 19.0 Å². The summed E-state index contributed by atoms with van der Waals surface area (Å²) in [6.07, 6.45) is -3.17. The van der Waals surface area contributed by atoms with Gasteiger partial charge in [0.1, 0.15) is 36.2 Å². The van der Waals surface area contributed by atoms with Crippen molar-refractivity contribution in [2.75, 3.05) is 6.61 Å². The number of fused-ring (bicyclic) bond motifs is 1. The highest BCUT2D eigenvalue weighted by atomic mass is 16.7. The molecule has 0 spiro atoms. The number of carbonyl (C=O) groups excluding carboxylic acids is 4. The fourth-order valence-corrected chi connectivity index (χ4v) is 4.00. The Kier molecular flexibility index (Phi) is 9.24. The molecular weight excluding hydrogens is 534 g/mol. The monoisotopic (exact) mass is 565 g/mol. The van der Waals surface area contributed by atoms with Crippen LogP contribution in [0.3, 0.4) is 0 Å². The summed E-state index contributed by atoms with van der Waals surface area (Å²) in [4.78, 5) is 71.9. The van der Waals surface area contributed by atoms with E-state index in [2.05, 4.69) is 20.3 Å². The van der Waals surface area contributed by atoms with Gasteiger partial charge in [-0.1, -0.05) is 0 Å². The van der Waals surface area contributed by atoms with Gasteiger partial charge in [0.2, 0.25) is 0 Å². The average molecular weight is 566 g/mol. The third-order valence-corrected chi connectivity index (χ3v) is 5.44. The molecule has 0 aromatic carbocycles. The Hall–Kier alpha value is -4.34. The lowest BCUT2D eigenvalue weighted by atomic mass is 10.1. The van der Waals surface area contributed by atoms with Crippen molar-refractivity contribution in [3.63, 3.8) is 0 Å². The van der Waals surface area contributed by atoms with Gasteiger partial charge in [0.05, 0.1) is 12.0 Å². The van der Waals surface area contributed by atoms with E-state index in [1.807, 2.05) is 0 Å². The van der Waals surface area contributed by atoms with Crippen molar-refractivity contribution in [2.45, 2.75) is 84.1 Å². The number of aliphatic carboxylic acids is 1. The molecule has 1 unspecified atom stereocenters. The van der Waals surface area contributed by atoms with Crippen LogP contribution in [0.2, 0.25) is 0 Å². The summed E-state index contributed by atoms with van der Waals surface area (Å²) in [6.45, 7) is 8.14. The van der Waals surface area contributed by atoms with E-state index in [0.29, 0.717) is 0 Å². The summed E-state index contributed by atoms with van der Waals surface area (Å²) in [7, 11) is 0. The highest BCUT2D eigenvalue weighted by Crippen LogP contribution is 2.36. The standard InChI is InChI=1S/C24H31N5O11/c1-11(30)36-8-16-18(37-12(2)31)19(38-13(3)32)21(39-16)29-10-27-17-14(25-9-26-20(17)29)7-15(22(33)34)28-23(35)40-24(4,5)6/h9-10,15-16,18-19,21H,7-8H2,1-6H3,(H,28,35)(H,33,34)/t15?,16-,18-,19-,21-/m1/s1. The summed E-state index contributed by atoms with van der Waals surface area (Å²) in [6, 6.07) is -1.41. The minimum absolute atomic E-state index is 0.170. The number of alkyl carbamates (subject to hydrolysis) is 1. The molecule has 1 saturated heterocycles. The van der Waals surface area contributed by atoms with Crippen molar-refractivity contribution < 1.29 is 52.8 Å². The van der Waals surface area contributed by atoms with Crippen molar-refractivity contribution in [1.29, 1.82) is 0 Å². The van der Waals surface area contributed by atoms with E-state index in [1.54, 1.807) is 20.8 Å². The number of imidazole rings is 1. The first-order valence-electron chi connectivity index (χ1n) is 12.2. The number of ether oxygens (including phenoxy) is 5. The van der Waals surface area contributed by atoms with Crippen molar-refractivity contribution in [3.05, 3.63) is 18.3 Å². The van der Waals surface area contributed by atoms with E-state index in [0.717, 1.165) is 20.2 Å². The minimum Gasteiger partial charge on any atom is -0.480 e. The van der Waals surface area contributed by atoms with Gasteiger partial charge in [0.15, 0.2) is 24.1 Å². The van der Waals surface area contributed by atoms with Crippen molar-refractivity contribution in [1.82, 2.24) is 24.8 Å². The summed E-state index contributed by atoms with van der Waals surface area (Å²) in [5.41, 5.74) is -0.312. The molecule has 3 heterocycles. The van der Waals surface area contributed by atoms with Crippen LogP contribution >= 0.6 is 0 Å². The Labute approximate surface area is 228 Å². The lowest BCUT2D eigenvalue weighted by molar-refractivity contribution is -0.166. The molecular formula is C24H31N5O11. The van der Waals surface area contributed by atoms with Crippen LogP contribution in [0.4, 0.5) is 4.79 Å². The van der Waals surface area contributed by atoms with E-state index in [4.69, 9.17) is 23.7 Å². The molecule has 16 heteroatoms. The second-order valence-corrected chi connectivity index (χ2v) is 9.90. The smallest absolute Gasteiger partial charge is 0.408 e. The molecule has 0 saturated carbocycles. The highest BCUT2D eigenvalue weighted by molar-refractivity contribution is 5.81. The minimum atomic E-state index is -1.41. The fourth-order valence-electron chi connectivity index (χ4n) is 4.00. The van der Waals surface area contributed by atoms with Gasteiger partial charge >= 0.3 is 30.0 Å². The van der Waals surface area contributed by atoms with Crippen LogP contribution in [0, 0.1) is 0 Å². The molecule has 3 rings (SSSR count). The number of esters is 3. The second-order valence-electron chi connectivity index (χ2n) is 9.90. The normalized spacial score (nSPS) is 21.4. The molecule has 40 heavy (non-hydrogen) atoms. The highest BCUT2D eigenvalue weighted by Gasteiger charge is 2.51. The van der Waals surface area contributed by atoms with Crippen LogP contribution in [0.1, 0.15) is 53.5 Å². The van der Waals surface area contributed by atoms with Gasteiger partial charge in [-0.15, -0.1) is 0 Å². The molecule has 2 aromatic heterocycles. The van der Waals surface area contributed by atoms with Crippen molar-refractivity contribution >= 4 is 41.1 Å². The zero-order valence-electron chi connectivity index (χ0n) is 22.8. The van der Waals surface area contributed by atoms with Crippen LogP contribution < -0.4 is 5.32 Å². The van der Waals surface area contributed by atoms with Crippen LogP contribution in [0.5, 0.6) is 0 Å². The molecule has 0 aliphatic carbocycles. The maximum Gasteiger partial charge on any atom is 0.408 e. The van der Waals surface area contributed by atoms with E-state index in [-0.39, 0.29) is 29.9 Å². The number of rotatable bonds is 9. The lowest BCUT2D eigenvalue weighted by Gasteiger charge is -2.23. The zero-order chi connectivity index (χ0) is 29.8. The SMILES string of the molecule is CC(=O)OC[C@H]1O[C@@H](n2cnc3c(CC(NC(=O)OC(C)(C)C)C(=O)O)ncnc32)[C@H](OC(C)=O)[C@@H]1OC(C)=O. The maximum absolute atomic E-state index is 12.2. The predicted molar refractivity (Wildman–Crippen MR) is 131 cm³/mol. The van der Waals surface area contributed by atoms with Gasteiger partial charge in [0.25, 0.3) is 0 Å². The number of amides is 1. The van der Waals surface area contributed by atoms with Crippen LogP contribution in [0.15, 0.2) is 12.7 Å². The largest absolute Gasteiger partial charge is 0.480 e. The van der Waals surface area contributed by atoms with E-state index < -0.39 is 66.2 Å². The first-order chi connectivity index (χ1) is 18.7. The molecule has 5 atom stereocenters. The number of hydrogen-bond donors (Lipinski definition) is 2. The van der Waals surface area contributed by atoms with Gasteiger partial charge in [-0.2, -0.15) is 0 Å². The number of carboxylic acid groups (broad SMARTS) is 1. The third-order valence-electron chi connectivity index (χ3n) is 5.44. The Morgan fingerprint density at radius 1 is 1.02 bits per heavy atom. The topological polar surface area (TPSA) is 207 Å². The van der Waals surface area contributed by atoms with Gasteiger partial charge in [0, 0.05) is 27.2 Å². The molecule has 1 aliphatic rings. The van der Waals surface area contributed by atoms with E-state index in [9.17, 15) is 29.1 Å². The Bertz CT molecular complexity index is 1290. The molecule has 2 N–H and O–H groups in total. The molecule has 1 amide bonds. The van der Waals surface area contributed by atoms with E-state index >= 15 is 0 Å². The average Bonchev–Trinajstić information content (AvgIpc) is 3.37. The third kappa shape index (κ3) is 7.62. The number of nitrogens with one attached hydrogen (secondary N) is 1. The molecule has 0 bridgehead atoms. The van der Waals surface area contributed by atoms with Crippen LogP contribution in [0.25, 0.3) is 11.2 Å². The molecule has 1 aliphatic heterocycles. The molecule has 2 aromatic rings. The van der Waals surface area contributed by atoms with E-state index in [1.165, 1.54) is 17.8 Å². The predicted octanol–water partition coefficient (Wildman–Crippen LogP) is 0.671. The molecule has 16 nitrogen and oxygen atoms in total. The maximum atomic E-state index is 12.2. The Balaban J connectivity index is 1.95. The Morgan fingerprint density at radius 2 is 1.68 bits per heavy atom. The quantitative estimate of drug-likeness (QED) is 0.316. The van der Waals surface area contributed by atoms with Crippen molar-refractivity contribution in [3.8, 4) is 0 Å². The number of carboxylic acids is 1. The fraction of sp³-hybridized carbons (Fsp3) is 0.583. The summed E-state index contributed by atoms with van der Waals surface area (Å²) in [5.74, 6) is -3.31. The molecule has 1 fully saturated rings. The van der Waals surface area contributed by atoms with Crippen molar-refractivity contribution in [2.24, 2.45) is 0 Å². The lowest BCUT2D eigenvalue weighted by Crippen LogP contribution is -2.44. The first kappa shape index (κ1) is 30.2. The number of hydrogen-bond acceptors (Lipinski definition) is 13. The summed E-state index contributed by atoms with van der Waals surface area (Å²) < 4.78 is 28.4. The number of nitrogens with zero attached hydrogens (tertiary/aromatic N) is 4. The zero-order valence-corrected chi connectivity index (χ0v) is 22.8. The Morgan fingerprint density at radius 3 is 2.25 bits per heavy atom. The van der Waals surface area contributed by atoms with Gasteiger partial charge < -0.3 is 34.1 Å². The summed E-state index contributed by atoms with van der Waals surface area (Å²) in [5, 5.41) is 12.0. The number of aromatic nitrogens is 4. The molecule has 218 valence electrons. The van der Waals surface area contributed by atoms with Gasteiger partial charge in [-0.05, 0) is 20.8 Å². The van der Waals surface area contributed by atoms with Crippen LogP contribution in [-0.2, 0) is 49.3 Å². The summed E-state index contributed by atoms with van der Waals surface area (Å²) >= 11 is 0. The van der Waals surface area contributed by atoms with Gasteiger partial charge in [-0.25, -0.2) is 24.5 Å².